The number of hydrogen-bond acceptors (Lipinski definition) is 3. The average Bonchev–Trinajstić information content (AvgIpc) is 2.81. The highest BCUT2D eigenvalue weighted by Gasteiger charge is 2.06. The molecule has 1 aromatic carbocycles. The van der Waals surface area contributed by atoms with Crippen LogP contribution in [0.1, 0.15) is 12.5 Å². The summed E-state index contributed by atoms with van der Waals surface area (Å²) in [6.45, 7) is 2.14. The SMILES string of the molecule is CCc1ccc2nc(-c3cncc(N)c3)[nH]c2c1. The lowest BCUT2D eigenvalue weighted by Gasteiger charge is -1.96. The molecule has 0 saturated carbocycles. The Labute approximate surface area is 105 Å². The number of nitrogens with two attached hydrogens (primary N) is 1. The van der Waals surface area contributed by atoms with Crippen LogP contribution in [0.3, 0.4) is 0 Å². The zero-order valence-electron chi connectivity index (χ0n) is 10.1. The van der Waals surface area contributed by atoms with E-state index >= 15 is 0 Å². The van der Waals surface area contributed by atoms with Gasteiger partial charge in [-0.2, -0.15) is 0 Å². The maximum Gasteiger partial charge on any atom is 0.140 e. The van der Waals surface area contributed by atoms with E-state index in [1.165, 1.54) is 5.56 Å². The molecule has 0 fully saturated rings. The summed E-state index contributed by atoms with van der Waals surface area (Å²) in [5.74, 6) is 0.804. The van der Waals surface area contributed by atoms with Crippen molar-refractivity contribution in [3.63, 3.8) is 0 Å². The molecule has 0 aliphatic carbocycles. The predicted molar refractivity (Wildman–Crippen MR) is 73.1 cm³/mol. The van der Waals surface area contributed by atoms with Crippen LogP contribution in [-0.4, -0.2) is 15.0 Å². The highest BCUT2D eigenvalue weighted by Crippen LogP contribution is 2.22. The predicted octanol–water partition coefficient (Wildman–Crippen LogP) is 2.77. The van der Waals surface area contributed by atoms with E-state index in [1.54, 1.807) is 12.4 Å². The van der Waals surface area contributed by atoms with Crippen LogP contribution in [0.4, 0.5) is 5.69 Å². The highest BCUT2D eigenvalue weighted by molar-refractivity contribution is 5.80. The molecular formula is C14H14N4. The van der Waals surface area contributed by atoms with Crippen molar-refractivity contribution in [1.82, 2.24) is 15.0 Å². The molecule has 18 heavy (non-hydrogen) atoms. The second-order valence-corrected chi connectivity index (χ2v) is 4.30. The molecular weight excluding hydrogens is 224 g/mol. The van der Waals surface area contributed by atoms with E-state index in [0.29, 0.717) is 5.69 Å². The second-order valence-electron chi connectivity index (χ2n) is 4.30. The Morgan fingerprint density at radius 1 is 1.22 bits per heavy atom. The molecule has 3 aromatic rings. The van der Waals surface area contributed by atoms with E-state index in [4.69, 9.17) is 5.73 Å². The van der Waals surface area contributed by atoms with Gasteiger partial charge >= 0.3 is 0 Å². The maximum atomic E-state index is 5.73. The Balaban J connectivity index is 2.13. The smallest absolute Gasteiger partial charge is 0.140 e. The summed E-state index contributed by atoms with van der Waals surface area (Å²) in [5.41, 5.74) is 10.6. The lowest BCUT2D eigenvalue weighted by Crippen LogP contribution is -1.88. The Bertz CT molecular complexity index is 700. The largest absolute Gasteiger partial charge is 0.397 e. The molecule has 0 bridgehead atoms. The molecule has 0 saturated heterocycles. The first kappa shape index (κ1) is 10.8. The number of nitrogen functional groups attached to an aromatic ring is 1. The number of pyridine rings is 1. The van der Waals surface area contributed by atoms with E-state index in [9.17, 15) is 0 Å². The van der Waals surface area contributed by atoms with Gasteiger partial charge in [0.15, 0.2) is 0 Å². The maximum absolute atomic E-state index is 5.73. The van der Waals surface area contributed by atoms with Gasteiger partial charge in [-0.25, -0.2) is 4.98 Å². The highest BCUT2D eigenvalue weighted by atomic mass is 14.9. The molecule has 90 valence electrons. The molecule has 4 heteroatoms. The number of rotatable bonds is 2. The molecule has 4 nitrogen and oxygen atoms in total. The van der Waals surface area contributed by atoms with Crippen molar-refractivity contribution in [2.45, 2.75) is 13.3 Å². The summed E-state index contributed by atoms with van der Waals surface area (Å²) in [6.07, 6.45) is 4.40. The summed E-state index contributed by atoms with van der Waals surface area (Å²) in [6, 6.07) is 8.13. The van der Waals surface area contributed by atoms with E-state index in [0.717, 1.165) is 28.8 Å². The Morgan fingerprint density at radius 2 is 2.11 bits per heavy atom. The number of H-pyrrole nitrogens is 1. The Morgan fingerprint density at radius 3 is 2.89 bits per heavy atom. The van der Waals surface area contributed by atoms with Crippen molar-refractivity contribution in [2.24, 2.45) is 0 Å². The minimum Gasteiger partial charge on any atom is -0.397 e. The standard InChI is InChI=1S/C14H14N4/c1-2-9-3-4-12-13(5-9)18-14(17-12)10-6-11(15)8-16-7-10/h3-8H,2,15H2,1H3,(H,17,18). The number of aryl methyl sites for hydroxylation is 1. The van der Waals surface area contributed by atoms with Gasteiger partial charge in [0, 0.05) is 18.0 Å². The van der Waals surface area contributed by atoms with E-state index in [1.807, 2.05) is 12.1 Å². The number of nitrogens with one attached hydrogen (secondary N) is 1. The van der Waals surface area contributed by atoms with Gasteiger partial charge in [-0.3, -0.25) is 4.98 Å². The van der Waals surface area contributed by atoms with E-state index < -0.39 is 0 Å². The molecule has 3 rings (SSSR count). The molecule has 2 heterocycles. The van der Waals surface area contributed by atoms with Crippen LogP contribution >= 0.6 is 0 Å². The van der Waals surface area contributed by atoms with Gasteiger partial charge in [-0.1, -0.05) is 13.0 Å². The minimum atomic E-state index is 0.641. The van der Waals surface area contributed by atoms with Crippen molar-refractivity contribution in [2.75, 3.05) is 5.73 Å². The van der Waals surface area contributed by atoms with Crippen LogP contribution in [0.15, 0.2) is 36.7 Å². The molecule has 2 aromatic heterocycles. The molecule has 0 amide bonds. The minimum absolute atomic E-state index is 0.641. The molecule has 0 atom stereocenters. The summed E-state index contributed by atoms with van der Waals surface area (Å²) >= 11 is 0. The monoisotopic (exact) mass is 238 g/mol. The molecule has 0 unspecified atom stereocenters. The lowest BCUT2D eigenvalue weighted by atomic mass is 10.1. The van der Waals surface area contributed by atoms with Gasteiger partial charge in [0.2, 0.25) is 0 Å². The summed E-state index contributed by atoms with van der Waals surface area (Å²) in [4.78, 5) is 11.9. The van der Waals surface area contributed by atoms with E-state index in [2.05, 4.69) is 34.0 Å². The summed E-state index contributed by atoms with van der Waals surface area (Å²) in [5, 5.41) is 0. The van der Waals surface area contributed by atoms with Crippen molar-refractivity contribution in [3.05, 3.63) is 42.2 Å². The van der Waals surface area contributed by atoms with Crippen LogP contribution in [0.2, 0.25) is 0 Å². The van der Waals surface area contributed by atoms with Gasteiger partial charge in [0.1, 0.15) is 5.82 Å². The molecule has 3 N–H and O–H groups in total. The quantitative estimate of drug-likeness (QED) is 0.721. The van der Waals surface area contributed by atoms with Crippen molar-refractivity contribution >= 4 is 16.7 Å². The third-order valence-corrected chi connectivity index (χ3v) is 2.99. The second kappa shape index (κ2) is 4.14. The molecule has 0 aliphatic heterocycles. The fraction of sp³-hybridized carbons (Fsp3) is 0.143. The zero-order valence-corrected chi connectivity index (χ0v) is 10.1. The first-order chi connectivity index (χ1) is 8.76. The fourth-order valence-electron chi connectivity index (χ4n) is 2.00. The zero-order chi connectivity index (χ0) is 12.5. The number of aromatic amines is 1. The first-order valence-electron chi connectivity index (χ1n) is 5.96. The van der Waals surface area contributed by atoms with Gasteiger partial charge in [-0.05, 0) is 30.2 Å². The van der Waals surface area contributed by atoms with Crippen LogP contribution in [0.25, 0.3) is 22.4 Å². The van der Waals surface area contributed by atoms with Crippen molar-refractivity contribution in [1.29, 1.82) is 0 Å². The average molecular weight is 238 g/mol. The van der Waals surface area contributed by atoms with E-state index in [-0.39, 0.29) is 0 Å². The third-order valence-electron chi connectivity index (χ3n) is 2.99. The number of benzene rings is 1. The number of anilines is 1. The van der Waals surface area contributed by atoms with Gasteiger partial charge < -0.3 is 10.7 Å². The van der Waals surface area contributed by atoms with Gasteiger partial charge in [0.25, 0.3) is 0 Å². The third kappa shape index (κ3) is 1.82. The molecule has 0 aliphatic rings. The van der Waals surface area contributed by atoms with Crippen LogP contribution in [0.5, 0.6) is 0 Å². The van der Waals surface area contributed by atoms with Gasteiger partial charge in [-0.15, -0.1) is 0 Å². The summed E-state index contributed by atoms with van der Waals surface area (Å²) in [7, 11) is 0. The normalized spacial score (nSPS) is 10.9. The summed E-state index contributed by atoms with van der Waals surface area (Å²) < 4.78 is 0. The van der Waals surface area contributed by atoms with Crippen molar-refractivity contribution in [3.8, 4) is 11.4 Å². The number of imidazole rings is 1. The number of aromatic nitrogens is 3. The Hall–Kier alpha value is -2.36. The molecule has 0 spiro atoms. The number of nitrogens with zero attached hydrogens (tertiary/aromatic N) is 2. The van der Waals surface area contributed by atoms with Crippen LogP contribution < -0.4 is 5.73 Å². The number of fused-ring (bicyclic) bond motifs is 1. The first-order valence-corrected chi connectivity index (χ1v) is 5.96. The topological polar surface area (TPSA) is 67.6 Å². The lowest BCUT2D eigenvalue weighted by molar-refractivity contribution is 1.14. The van der Waals surface area contributed by atoms with Crippen LogP contribution in [-0.2, 0) is 6.42 Å². The molecule has 0 radical (unpaired) electrons. The van der Waals surface area contributed by atoms with Crippen LogP contribution in [0, 0.1) is 0 Å². The van der Waals surface area contributed by atoms with Crippen molar-refractivity contribution < 1.29 is 0 Å². The fourth-order valence-corrected chi connectivity index (χ4v) is 2.00. The van der Waals surface area contributed by atoms with Gasteiger partial charge in [0.05, 0.1) is 16.7 Å². The Kier molecular flexibility index (Phi) is 2.48. The number of hydrogen-bond donors (Lipinski definition) is 2.